The molecule has 0 unspecified atom stereocenters. The van der Waals surface area contributed by atoms with E-state index in [1.54, 1.807) is 18.2 Å². The Labute approximate surface area is 140 Å². The second-order valence-corrected chi connectivity index (χ2v) is 4.98. The first-order valence-corrected chi connectivity index (χ1v) is 7.03. The Morgan fingerprint density at radius 1 is 1.00 bits per heavy atom. The van der Waals surface area contributed by atoms with Gasteiger partial charge in [-0.25, -0.2) is 0 Å². The first kappa shape index (κ1) is 16.2. The maximum atomic E-state index is 12.0. The van der Waals surface area contributed by atoms with Gasteiger partial charge in [-0.2, -0.15) is 0 Å². The maximum absolute atomic E-state index is 12.0. The van der Waals surface area contributed by atoms with Crippen molar-refractivity contribution in [2.75, 3.05) is 13.2 Å². The van der Waals surface area contributed by atoms with Crippen LogP contribution in [0.4, 0.5) is 17.1 Å². The van der Waals surface area contributed by atoms with E-state index in [1.807, 2.05) is 0 Å². The van der Waals surface area contributed by atoms with Gasteiger partial charge < -0.3 is 14.6 Å². The van der Waals surface area contributed by atoms with Crippen LogP contribution in [-0.4, -0.2) is 29.3 Å². The number of ether oxygens (including phenoxy) is 2. The molecule has 2 aromatic carbocycles. The van der Waals surface area contributed by atoms with Crippen LogP contribution >= 0.6 is 0 Å². The molecule has 1 heterocycles. The van der Waals surface area contributed by atoms with Crippen LogP contribution in [-0.2, 0) is 0 Å². The predicted octanol–water partition coefficient (Wildman–Crippen LogP) is 2.10. The molecule has 1 aliphatic heterocycles. The van der Waals surface area contributed by atoms with Gasteiger partial charge in [0.15, 0.2) is 11.5 Å². The maximum Gasteiger partial charge on any atom is 0.276 e. The Kier molecular flexibility index (Phi) is 4.16. The SMILES string of the molecule is O=[N+]([O-])c1cc(C=Nc2ccc3c(c2)OCCO3)c([O-])c([N+](=O)[O-])c1. The van der Waals surface area contributed by atoms with Gasteiger partial charge in [-0.3, -0.25) is 25.2 Å². The van der Waals surface area contributed by atoms with Gasteiger partial charge in [-0.1, -0.05) is 0 Å². The van der Waals surface area contributed by atoms with Crippen LogP contribution in [0.2, 0.25) is 0 Å². The highest BCUT2D eigenvalue weighted by Gasteiger charge is 2.18. The summed E-state index contributed by atoms with van der Waals surface area (Å²) in [5, 5.41) is 33.8. The molecule has 0 bridgehead atoms. The van der Waals surface area contributed by atoms with Crippen molar-refractivity contribution in [3.05, 3.63) is 56.1 Å². The van der Waals surface area contributed by atoms with E-state index in [0.29, 0.717) is 36.5 Å². The van der Waals surface area contributed by atoms with Gasteiger partial charge in [0, 0.05) is 18.3 Å². The average molecular weight is 344 g/mol. The third kappa shape index (κ3) is 3.32. The molecular formula is C15H10N3O7-. The Bertz CT molecular complexity index is 895. The molecule has 0 N–H and O–H groups in total. The molecule has 10 heteroatoms. The highest BCUT2D eigenvalue weighted by Crippen LogP contribution is 2.34. The fourth-order valence-electron chi connectivity index (χ4n) is 2.21. The second kappa shape index (κ2) is 6.43. The van der Waals surface area contributed by atoms with Gasteiger partial charge in [-0.15, -0.1) is 0 Å². The molecule has 0 atom stereocenters. The molecule has 1 aliphatic rings. The van der Waals surface area contributed by atoms with Crippen LogP contribution < -0.4 is 14.6 Å². The topological polar surface area (TPSA) is 140 Å². The summed E-state index contributed by atoms with van der Waals surface area (Å²) in [5.41, 5.74) is -1.29. The lowest BCUT2D eigenvalue weighted by Crippen LogP contribution is -2.14. The first-order chi connectivity index (χ1) is 12.0. The summed E-state index contributed by atoms with van der Waals surface area (Å²) in [4.78, 5) is 24.0. The summed E-state index contributed by atoms with van der Waals surface area (Å²) in [5.74, 6) is 0.0888. The molecule has 0 aromatic heterocycles. The molecule has 0 amide bonds. The summed E-state index contributed by atoms with van der Waals surface area (Å²) in [6, 6.07) is 6.37. The lowest BCUT2D eigenvalue weighted by Gasteiger charge is -2.18. The number of benzene rings is 2. The first-order valence-electron chi connectivity index (χ1n) is 7.03. The van der Waals surface area contributed by atoms with Crippen molar-refractivity contribution in [2.24, 2.45) is 4.99 Å². The number of hydrogen-bond acceptors (Lipinski definition) is 8. The van der Waals surface area contributed by atoms with Crippen LogP contribution in [0.3, 0.4) is 0 Å². The van der Waals surface area contributed by atoms with E-state index in [1.165, 1.54) is 0 Å². The van der Waals surface area contributed by atoms with Crippen molar-refractivity contribution in [3.8, 4) is 17.2 Å². The molecule has 128 valence electrons. The molecule has 2 aromatic rings. The number of nitrogens with zero attached hydrogens (tertiary/aromatic N) is 3. The lowest BCUT2D eigenvalue weighted by molar-refractivity contribution is -0.403. The van der Waals surface area contributed by atoms with Gasteiger partial charge in [0.1, 0.15) is 13.2 Å². The van der Waals surface area contributed by atoms with Crippen molar-refractivity contribution in [1.82, 2.24) is 0 Å². The van der Waals surface area contributed by atoms with Gasteiger partial charge in [0.05, 0.1) is 21.6 Å². The molecular weight excluding hydrogens is 334 g/mol. The second-order valence-electron chi connectivity index (χ2n) is 4.98. The summed E-state index contributed by atoms with van der Waals surface area (Å²) >= 11 is 0. The average Bonchev–Trinajstić information content (AvgIpc) is 2.60. The number of aliphatic imine (C=N–C) groups is 1. The normalized spacial score (nSPS) is 13.0. The Balaban J connectivity index is 1.98. The lowest BCUT2D eigenvalue weighted by atomic mass is 10.1. The monoisotopic (exact) mass is 344 g/mol. The summed E-state index contributed by atoms with van der Waals surface area (Å²) in [7, 11) is 0. The van der Waals surface area contributed by atoms with Gasteiger partial charge in [-0.05, 0) is 23.4 Å². The van der Waals surface area contributed by atoms with Crippen LogP contribution in [0.15, 0.2) is 35.3 Å². The van der Waals surface area contributed by atoms with E-state index in [-0.39, 0.29) is 5.56 Å². The Hall–Kier alpha value is -3.69. The number of hydrogen-bond donors (Lipinski definition) is 0. The molecule has 0 radical (unpaired) electrons. The fourth-order valence-corrected chi connectivity index (χ4v) is 2.21. The van der Waals surface area contributed by atoms with Crippen LogP contribution in [0, 0.1) is 20.2 Å². The molecule has 0 saturated carbocycles. The minimum absolute atomic E-state index is 0.254. The largest absolute Gasteiger partial charge is 0.867 e. The third-order valence-corrected chi connectivity index (χ3v) is 3.37. The smallest absolute Gasteiger partial charge is 0.276 e. The minimum atomic E-state index is -0.962. The van der Waals surface area contributed by atoms with E-state index in [4.69, 9.17) is 9.47 Å². The van der Waals surface area contributed by atoms with Gasteiger partial charge >= 0.3 is 0 Å². The zero-order chi connectivity index (χ0) is 18.0. The number of nitro groups is 2. The standard InChI is InChI=1S/C15H11N3O7/c19-15-9(5-11(17(20)21)7-12(15)18(22)23)8-16-10-1-2-13-14(6-10)25-4-3-24-13/h1-2,5-8,19H,3-4H2/p-1. The van der Waals surface area contributed by atoms with E-state index in [2.05, 4.69) is 4.99 Å². The summed E-state index contributed by atoms with van der Waals surface area (Å²) < 4.78 is 10.8. The number of non-ortho nitro benzene ring substituents is 1. The number of rotatable bonds is 4. The zero-order valence-electron chi connectivity index (χ0n) is 12.6. The van der Waals surface area contributed by atoms with Gasteiger partial charge in [0.2, 0.25) is 0 Å². The molecule has 0 aliphatic carbocycles. The molecule has 0 saturated heterocycles. The summed E-state index contributed by atoms with van der Waals surface area (Å²) in [6.07, 6.45) is 1.05. The zero-order valence-corrected chi connectivity index (χ0v) is 12.6. The van der Waals surface area contributed by atoms with Crippen molar-refractivity contribution in [2.45, 2.75) is 0 Å². The van der Waals surface area contributed by atoms with Crippen molar-refractivity contribution >= 4 is 23.3 Å². The van der Waals surface area contributed by atoms with E-state index < -0.39 is 27.0 Å². The van der Waals surface area contributed by atoms with E-state index in [9.17, 15) is 25.3 Å². The molecule has 0 spiro atoms. The van der Waals surface area contributed by atoms with Gasteiger partial charge in [0.25, 0.3) is 11.4 Å². The van der Waals surface area contributed by atoms with Crippen LogP contribution in [0.1, 0.15) is 5.56 Å². The Morgan fingerprint density at radius 2 is 1.72 bits per heavy atom. The highest BCUT2D eigenvalue weighted by atomic mass is 16.6. The molecule has 10 nitrogen and oxygen atoms in total. The predicted molar refractivity (Wildman–Crippen MR) is 83.9 cm³/mol. The van der Waals surface area contributed by atoms with Crippen molar-refractivity contribution < 1.29 is 24.4 Å². The quantitative estimate of drug-likeness (QED) is 0.470. The Morgan fingerprint density at radius 3 is 2.40 bits per heavy atom. The molecule has 25 heavy (non-hydrogen) atoms. The molecule has 3 rings (SSSR count). The third-order valence-electron chi connectivity index (χ3n) is 3.37. The highest BCUT2D eigenvalue weighted by molar-refractivity contribution is 5.88. The van der Waals surface area contributed by atoms with Crippen LogP contribution in [0.25, 0.3) is 0 Å². The number of fused-ring (bicyclic) bond motifs is 1. The molecule has 0 fully saturated rings. The minimum Gasteiger partial charge on any atom is -0.867 e. The van der Waals surface area contributed by atoms with Crippen molar-refractivity contribution in [3.63, 3.8) is 0 Å². The number of nitro benzene ring substituents is 2. The van der Waals surface area contributed by atoms with Crippen molar-refractivity contribution in [1.29, 1.82) is 0 Å². The fraction of sp³-hybridized carbons (Fsp3) is 0.133. The summed E-state index contributed by atoms with van der Waals surface area (Å²) in [6.45, 7) is 0.828. The van der Waals surface area contributed by atoms with E-state index >= 15 is 0 Å². The van der Waals surface area contributed by atoms with Crippen LogP contribution in [0.5, 0.6) is 17.2 Å². The van der Waals surface area contributed by atoms with E-state index in [0.717, 1.165) is 12.3 Å².